The van der Waals surface area contributed by atoms with Gasteiger partial charge < -0.3 is 20.3 Å². The maximum Gasteiger partial charge on any atom is 0.0898 e. The molecule has 0 amide bonds. The minimum absolute atomic E-state index is 0.0806. The van der Waals surface area contributed by atoms with Crippen LogP contribution in [-0.2, 0) is 4.74 Å². The average molecular weight is 273 g/mol. The lowest BCUT2D eigenvalue weighted by Crippen LogP contribution is -2.49. The standard InChI is InChI=1S/C15H31NO3/c1-4-15(3,11-17)16-9-13(18)10-19-14-7-5-6-12(2)8-14/h12-14,16-18H,4-11H2,1-3H3. The Balaban J connectivity index is 2.18. The van der Waals surface area contributed by atoms with Crippen LogP contribution < -0.4 is 5.32 Å². The molecule has 1 aliphatic carbocycles. The Kier molecular flexibility index (Phi) is 7.29. The molecule has 4 unspecified atom stereocenters. The lowest BCUT2D eigenvalue weighted by Gasteiger charge is -2.30. The third-order valence-electron chi connectivity index (χ3n) is 4.31. The number of aliphatic hydroxyl groups excluding tert-OH is 2. The van der Waals surface area contributed by atoms with Gasteiger partial charge in [0.05, 0.1) is 25.4 Å². The summed E-state index contributed by atoms with van der Waals surface area (Å²) < 4.78 is 5.80. The zero-order valence-corrected chi connectivity index (χ0v) is 12.7. The summed E-state index contributed by atoms with van der Waals surface area (Å²) in [5.74, 6) is 0.742. The molecule has 1 aliphatic rings. The van der Waals surface area contributed by atoms with Crippen LogP contribution in [0.15, 0.2) is 0 Å². The van der Waals surface area contributed by atoms with Crippen LogP contribution in [0.2, 0.25) is 0 Å². The molecule has 114 valence electrons. The van der Waals surface area contributed by atoms with Gasteiger partial charge in [0.1, 0.15) is 0 Å². The summed E-state index contributed by atoms with van der Waals surface area (Å²) >= 11 is 0. The zero-order chi connectivity index (χ0) is 14.3. The first-order valence-corrected chi connectivity index (χ1v) is 7.64. The highest BCUT2D eigenvalue weighted by Crippen LogP contribution is 2.25. The Morgan fingerprint density at radius 2 is 2.16 bits per heavy atom. The smallest absolute Gasteiger partial charge is 0.0898 e. The maximum atomic E-state index is 9.93. The molecule has 0 bridgehead atoms. The van der Waals surface area contributed by atoms with Crippen molar-refractivity contribution in [2.75, 3.05) is 19.8 Å². The minimum atomic E-state index is -0.505. The van der Waals surface area contributed by atoms with E-state index in [-0.39, 0.29) is 12.1 Å². The number of hydrogen-bond acceptors (Lipinski definition) is 4. The normalized spacial score (nSPS) is 28.9. The number of β-amino-alcohol motifs (C(OH)–C–C–N with tert-alkyl or cyclic N) is 1. The van der Waals surface area contributed by atoms with Gasteiger partial charge in [-0.1, -0.05) is 26.7 Å². The van der Waals surface area contributed by atoms with Crippen molar-refractivity contribution in [1.29, 1.82) is 0 Å². The van der Waals surface area contributed by atoms with E-state index in [1.54, 1.807) is 0 Å². The Morgan fingerprint density at radius 1 is 1.42 bits per heavy atom. The number of nitrogens with one attached hydrogen (secondary N) is 1. The van der Waals surface area contributed by atoms with Crippen molar-refractivity contribution in [3.05, 3.63) is 0 Å². The fourth-order valence-corrected chi connectivity index (χ4v) is 2.49. The molecule has 0 radical (unpaired) electrons. The second-order valence-electron chi connectivity index (χ2n) is 6.33. The van der Waals surface area contributed by atoms with Gasteiger partial charge >= 0.3 is 0 Å². The third kappa shape index (κ3) is 6.21. The number of rotatable bonds is 8. The monoisotopic (exact) mass is 273 g/mol. The summed E-state index contributed by atoms with van der Waals surface area (Å²) in [7, 11) is 0. The molecule has 19 heavy (non-hydrogen) atoms. The van der Waals surface area contributed by atoms with Crippen molar-refractivity contribution in [1.82, 2.24) is 5.32 Å². The summed E-state index contributed by atoms with van der Waals surface area (Å²) in [5, 5.41) is 22.4. The second kappa shape index (κ2) is 8.20. The van der Waals surface area contributed by atoms with E-state index in [0.29, 0.717) is 19.3 Å². The lowest BCUT2D eigenvalue weighted by atomic mass is 9.89. The molecule has 4 atom stereocenters. The summed E-state index contributed by atoms with van der Waals surface area (Å²) in [4.78, 5) is 0. The highest BCUT2D eigenvalue weighted by atomic mass is 16.5. The van der Waals surface area contributed by atoms with E-state index in [4.69, 9.17) is 4.74 Å². The van der Waals surface area contributed by atoms with Gasteiger partial charge in [-0.2, -0.15) is 0 Å². The molecule has 1 fully saturated rings. The highest BCUT2D eigenvalue weighted by Gasteiger charge is 2.23. The SMILES string of the molecule is CCC(C)(CO)NCC(O)COC1CCCC(C)C1. The van der Waals surface area contributed by atoms with Gasteiger partial charge in [0.2, 0.25) is 0 Å². The molecule has 4 heteroatoms. The van der Waals surface area contributed by atoms with E-state index >= 15 is 0 Å². The fourth-order valence-electron chi connectivity index (χ4n) is 2.49. The van der Waals surface area contributed by atoms with Crippen LogP contribution in [0.1, 0.15) is 52.9 Å². The average Bonchev–Trinajstić information content (AvgIpc) is 2.42. The molecule has 0 aliphatic heterocycles. The Morgan fingerprint density at radius 3 is 2.74 bits per heavy atom. The van der Waals surface area contributed by atoms with Gasteiger partial charge in [-0.25, -0.2) is 0 Å². The molecule has 1 rings (SSSR count). The van der Waals surface area contributed by atoms with Crippen LogP contribution in [0.4, 0.5) is 0 Å². The molecule has 0 aromatic carbocycles. The van der Waals surface area contributed by atoms with Crippen molar-refractivity contribution in [2.24, 2.45) is 5.92 Å². The Bertz CT molecular complexity index is 244. The largest absolute Gasteiger partial charge is 0.394 e. The summed E-state index contributed by atoms with van der Waals surface area (Å²) in [6.07, 6.45) is 5.41. The van der Waals surface area contributed by atoms with Gasteiger partial charge in [0, 0.05) is 12.1 Å². The highest BCUT2D eigenvalue weighted by molar-refractivity contribution is 4.81. The van der Waals surface area contributed by atoms with E-state index in [1.807, 2.05) is 13.8 Å². The van der Waals surface area contributed by atoms with Crippen LogP contribution >= 0.6 is 0 Å². The number of ether oxygens (including phenoxy) is 1. The first-order chi connectivity index (χ1) is 8.99. The molecule has 0 saturated heterocycles. The predicted molar refractivity (Wildman–Crippen MR) is 77.2 cm³/mol. The maximum absolute atomic E-state index is 9.93. The van der Waals surface area contributed by atoms with E-state index in [9.17, 15) is 10.2 Å². The third-order valence-corrected chi connectivity index (χ3v) is 4.31. The molecule has 4 nitrogen and oxygen atoms in total. The van der Waals surface area contributed by atoms with Gasteiger partial charge in [-0.3, -0.25) is 0 Å². The lowest BCUT2D eigenvalue weighted by molar-refractivity contribution is -0.0330. The minimum Gasteiger partial charge on any atom is -0.394 e. The van der Waals surface area contributed by atoms with E-state index in [0.717, 1.165) is 25.2 Å². The molecule has 3 N–H and O–H groups in total. The summed E-state index contributed by atoms with van der Waals surface area (Å²) in [6, 6.07) is 0. The van der Waals surface area contributed by atoms with Crippen LogP contribution in [0.25, 0.3) is 0 Å². The molecule has 0 spiro atoms. The molecular weight excluding hydrogens is 242 g/mol. The molecular formula is C15H31NO3. The number of aliphatic hydroxyl groups is 2. The topological polar surface area (TPSA) is 61.7 Å². The van der Waals surface area contributed by atoms with E-state index in [2.05, 4.69) is 12.2 Å². The fraction of sp³-hybridized carbons (Fsp3) is 1.00. The van der Waals surface area contributed by atoms with E-state index < -0.39 is 6.10 Å². The van der Waals surface area contributed by atoms with Crippen LogP contribution in [-0.4, -0.2) is 47.7 Å². The van der Waals surface area contributed by atoms with Gasteiger partial charge in [-0.05, 0) is 32.1 Å². The van der Waals surface area contributed by atoms with Gasteiger partial charge in [-0.15, -0.1) is 0 Å². The first-order valence-electron chi connectivity index (χ1n) is 7.64. The zero-order valence-electron chi connectivity index (χ0n) is 12.7. The summed E-state index contributed by atoms with van der Waals surface area (Å²) in [5.41, 5.74) is -0.305. The van der Waals surface area contributed by atoms with Crippen LogP contribution in [0.5, 0.6) is 0 Å². The van der Waals surface area contributed by atoms with Crippen molar-refractivity contribution < 1.29 is 14.9 Å². The Hall–Kier alpha value is -0.160. The summed E-state index contributed by atoms with van der Waals surface area (Å²) in [6.45, 7) is 7.18. The quantitative estimate of drug-likeness (QED) is 0.630. The molecule has 1 saturated carbocycles. The van der Waals surface area contributed by atoms with Gasteiger partial charge in [0.15, 0.2) is 0 Å². The van der Waals surface area contributed by atoms with Crippen molar-refractivity contribution in [2.45, 2.75) is 70.6 Å². The van der Waals surface area contributed by atoms with Crippen molar-refractivity contribution in [3.63, 3.8) is 0 Å². The van der Waals surface area contributed by atoms with Gasteiger partial charge in [0.25, 0.3) is 0 Å². The van der Waals surface area contributed by atoms with E-state index in [1.165, 1.54) is 12.8 Å². The predicted octanol–water partition coefficient (Wildman–Crippen LogP) is 1.69. The molecule has 0 heterocycles. The second-order valence-corrected chi connectivity index (χ2v) is 6.33. The van der Waals surface area contributed by atoms with Crippen molar-refractivity contribution >= 4 is 0 Å². The molecule has 0 aromatic rings. The molecule has 0 aromatic heterocycles. The van der Waals surface area contributed by atoms with Crippen LogP contribution in [0.3, 0.4) is 0 Å². The van der Waals surface area contributed by atoms with Crippen molar-refractivity contribution in [3.8, 4) is 0 Å². The Labute approximate surface area is 117 Å². The number of hydrogen-bond donors (Lipinski definition) is 3. The first kappa shape index (κ1) is 16.9. The van der Waals surface area contributed by atoms with Crippen LogP contribution in [0, 0.1) is 5.92 Å².